The average Bonchev–Trinajstić information content (AvgIpc) is 3.43. The molecule has 2 aliphatic rings. The molecule has 4 rings (SSSR count). The van der Waals surface area contributed by atoms with Gasteiger partial charge < -0.3 is 19.2 Å². The number of methoxy groups -OCH3 is 1. The smallest absolute Gasteiger partial charge is 0.296 e. The highest BCUT2D eigenvalue weighted by atomic mass is 16.5. The quantitative estimate of drug-likeness (QED) is 0.507. The molecule has 1 amide bonds. The maximum atomic E-state index is 12.9. The molecule has 2 aromatic rings. The molecule has 0 radical (unpaired) electrons. The molecular weight excluding hydrogens is 346 g/mol. The van der Waals surface area contributed by atoms with Crippen molar-refractivity contribution in [2.24, 2.45) is 0 Å². The fourth-order valence-electron chi connectivity index (χ4n) is 4.12. The Hall–Kier alpha value is -3.02. The van der Waals surface area contributed by atoms with E-state index in [1.807, 2.05) is 0 Å². The molecule has 1 saturated heterocycles. The molecule has 1 aromatic heterocycles. The Morgan fingerprint density at radius 2 is 1.89 bits per heavy atom. The van der Waals surface area contributed by atoms with Gasteiger partial charge in [0.05, 0.1) is 24.5 Å². The van der Waals surface area contributed by atoms with Crippen LogP contribution in [0.3, 0.4) is 0 Å². The third-order valence-electron chi connectivity index (χ3n) is 5.37. The van der Waals surface area contributed by atoms with Gasteiger partial charge in [-0.05, 0) is 37.1 Å². The van der Waals surface area contributed by atoms with Gasteiger partial charge in [-0.3, -0.25) is 9.59 Å². The van der Waals surface area contributed by atoms with Crippen LogP contribution in [0.25, 0.3) is 5.76 Å². The van der Waals surface area contributed by atoms with Crippen molar-refractivity contribution in [1.29, 1.82) is 0 Å². The van der Waals surface area contributed by atoms with Gasteiger partial charge in [-0.15, -0.1) is 0 Å². The number of amides is 1. The molecule has 1 aliphatic carbocycles. The third-order valence-corrected chi connectivity index (χ3v) is 5.37. The van der Waals surface area contributed by atoms with Crippen molar-refractivity contribution in [3.05, 3.63) is 59.6 Å². The second kappa shape index (κ2) is 6.95. The van der Waals surface area contributed by atoms with E-state index in [0.29, 0.717) is 17.1 Å². The minimum atomic E-state index is -0.729. The molecule has 2 heterocycles. The molecule has 0 spiro atoms. The first-order chi connectivity index (χ1) is 13.1. The summed E-state index contributed by atoms with van der Waals surface area (Å²) in [6, 6.07) is 9.57. The van der Waals surface area contributed by atoms with Crippen molar-refractivity contribution in [2.75, 3.05) is 7.11 Å². The van der Waals surface area contributed by atoms with Crippen LogP contribution in [0.5, 0.6) is 5.75 Å². The summed E-state index contributed by atoms with van der Waals surface area (Å²) in [5, 5.41) is 11.0. The zero-order chi connectivity index (χ0) is 19.0. The Labute approximate surface area is 157 Å². The van der Waals surface area contributed by atoms with E-state index in [-0.39, 0.29) is 17.4 Å². The molecular formula is C21H21NO5. The topological polar surface area (TPSA) is 80.0 Å². The molecule has 1 N–H and O–H groups in total. The lowest BCUT2D eigenvalue weighted by atomic mass is 9.98. The third kappa shape index (κ3) is 2.81. The molecule has 1 aromatic carbocycles. The van der Waals surface area contributed by atoms with Crippen LogP contribution >= 0.6 is 0 Å². The van der Waals surface area contributed by atoms with Crippen molar-refractivity contribution in [3.63, 3.8) is 0 Å². The van der Waals surface area contributed by atoms with Gasteiger partial charge in [-0.25, -0.2) is 0 Å². The van der Waals surface area contributed by atoms with Crippen LogP contribution in [0.1, 0.15) is 43.0 Å². The first-order valence-corrected chi connectivity index (χ1v) is 9.10. The van der Waals surface area contributed by atoms with Crippen LogP contribution < -0.4 is 4.74 Å². The number of likely N-dealkylation sites (tertiary alicyclic amines) is 1. The number of aliphatic hydroxyl groups is 1. The molecule has 6 nitrogen and oxygen atoms in total. The largest absolute Gasteiger partial charge is 0.507 e. The summed E-state index contributed by atoms with van der Waals surface area (Å²) in [7, 11) is 1.49. The maximum Gasteiger partial charge on any atom is 0.296 e. The molecule has 6 heteroatoms. The standard InChI is InChI=1S/C21H21NO5/c1-26-15-10-5-4-9-14(15)19(23)17-18(16-11-6-12-27-16)22(21(25)20(17)24)13-7-2-3-8-13/h4-6,9-13,18,23H,2-3,7-8H2,1H3/b19-17-. The lowest BCUT2D eigenvalue weighted by Gasteiger charge is -2.29. The lowest BCUT2D eigenvalue weighted by Crippen LogP contribution is -2.37. The van der Waals surface area contributed by atoms with E-state index in [0.717, 1.165) is 25.7 Å². The van der Waals surface area contributed by atoms with E-state index in [9.17, 15) is 14.7 Å². The van der Waals surface area contributed by atoms with E-state index in [1.165, 1.54) is 13.4 Å². The van der Waals surface area contributed by atoms with Crippen LogP contribution in [0.4, 0.5) is 0 Å². The summed E-state index contributed by atoms with van der Waals surface area (Å²) in [6.45, 7) is 0. The summed E-state index contributed by atoms with van der Waals surface area (Å²) < 4.78 is 10.9. The van der Waals surface area contributed by atoms with Gasteiger partial charge in [0.2, 0.25) is 0 Å². The van der Waals surface area contributed by atoms with E-state index < -0.39 is 17.7 Å². The monoisotopic (exact) mass is 367 g/mol. The highest BCUT2D eigenvalue weighted by Crippen LogP contribution is 2.44. The summed E-state index contributed by atoms with van der Waals surface area (Å²) >= 11 is 0. The number of rotatable bonds is 4. The van der Waals surface area contributed by atoms with E-state index in [2.05, 4.69) is 0 Å². The first-order valence-electron chi connectivity index (χ1n) is 9.10. The number of nitrogens with zero attached hydrogens (tertiary/aromatic N) is 1. The maximum absolute atomic E-state index is 12.9. The number of aliphatic hydroxyl groups excluding tert-OH is 1. The summed E-state index contributed by atoms with van der Waals surface area (Å²) in [6.07, 6.45) is 5.24. The van der Waals surface area contributed by atoms with Crippen molar-refractivity contribution in [3.8, 4) is 5.75 Å². The minimum absolute atomic E-state index is 0.0282. The number of hydrogen-bond acceptors (Lipinski definition) is 5. The normalized spacial score (nSPS) is 22.6. The number of para-hydroxylation sites is 1. The lowest BCUT2D eigenvalue weighted by molar-refractivity contribution is -0.141. The van der Waals surface area contributed by atoms with E-state index >= 15 is 0 Å². The van der Waals surface area contributed by atoms with E-state index in [4.69, 9.17) is 9.15 Å². The second-order valence-electron chi connectivity index (χ2n) is 6.86. The Morgan fingerprint density at radius 3 is 2.56 bits per heavy atom. The van der Waals surface area contributed by atoms with Crippen LogP contribution in [-0.4, -0.2) is 34.8 Å². The van der Waals surface area contributed by atoms with Gasteiger partial charge in [0, 0.05) is 6.04 Å². The fourth-order valence-corrected chi connectivity index (χ4v) is 4.12. The van der Waals surface area contributed by atoms with Crippen molar-refractivity contribution in [1.82, 2.24) is 4.90 Å². The van der Waals surface area contributed by atoms with Crippen LogP contribution in [-0.2, 0) is 9.59 Å². The molecule has 1 saturated carbocycles. The van der Waals surface area contributed by atoms with Gasteiger partial charge in [0.1, 0.15) is 23.3 Å². The van der Waals surface area contributed by atoms with Crippen LogP contribution in [0.2, 0.25) is 0 Å². The minimum Gasteiger partial charge on any atom is -0.507 e. The molecule has 1 atom stereocenters. The predicted molar refractivity (Wildman–Crippen MR) is 98.1 cm³/mol. The SMILES string of the molecule is COc1ccccc1/C(O)=C1/C(=O)C(=O)N(C2CCCC2)C1c1ccco1. The number of ketones is 1. The van der Waals surface area contributed by atoms with Gasteiger partial charge in [0.25, 0.3) is 11.7 Å². The fraction of sp³-hybridized carbons (Fsp3) is 0.333. The second-order valence-corrected chi connectivity index (χ2v) is 6.86. The number of carbonyl (C=O) groups is 2. The van der Waals surface area contributed by atoms with Gasteiger partial charge in [0.15, 0.2) is 0 Å². The number of furan rings is 1. The number of hydrogen-bond donors (Lipinski definition) is 1. The van der Waals surface area contributed by atoms with Gasteiger partial charge >= 0.3 is 0 Å². The molecule has 0 bridgehead atoms. The molecule has 140 valence electrons. The van der Waals surface area contributed by atoms with Crippen molar-refractivity contribution in [2.45, 2.75) is 37.8 Å². The molecule has 27 heavy (non-hydrogen) atoms. The average molecular weight is 367 g/mol. The summed E-state index contributed by atoms with van der Waals surface area (Å²) in [4.78, 5) is 27.4. The highest BCUT2D eigenvalue weighted by molar-refractivity contribution is 6.46. The van der Waals surface area contributed by atoms with Crippen molar-refractivity contribution >= 4 is 17.4 Å². The Kier molecular flexibility index (Phi) is 4.48. The van der Waals surface area contributed by atoms with Gasteiger partial charge in [-0.2, -0.15) is 0 Å². The van der Waals surface area contributed by atoms with Crippen molar-refractivity contribution < 1.29 is 23.8 Å². The molecule has 1 aliphatic heterocycles. The Morgan fingerprint density at radius 1 is 1.15 bits per heavy atom. The Bertz CT molecular complexity index is 893. The number of benzene rings is 1. The zero-order valence-electron chi connectivity index (χ0n) is 15.1. The first kappa shape index (κ1) is 17.4. The van der Waals surface area contributed by atoms with Crippen LogP contribution in [0, 0.1) is 0 Å². The number of carbonyl (C=O) groups excluding carboxylic acids is 2. The Balaban J connectivity index is 1.89. The molecule has 1 unspecified atom stereocenters. The highest BCUT2D eigenvalue weighted by Gasteiger charge is 2.50. The molecule has 2 fully saturated rings. The zero-order valence-corrected chi connectivity index (χ0v) is 15.1. The van der Waals surface area contributed by atoms with Gasteiger partial charge in [-0.1, -0.05) is 25.0 Å². The summed E-state index contributed by atoms with van der Waals surface area (Å²) in [5.41, 5.74) is 0.423. The van der Waals surface area contributed by atoms with E-state index in [1.54, 1.807) is 41.3 Å². The predicted octanol–water partition coefficient (Wildman–Crippen LogP) is 3.65. The number of ether oxygens (including phenoxy) is 1. The number of Topliss-reactive ketones (excluding diaryl/α,β-unsaturated/α-hetero) is 1. The summed E-state index contributed by atoms with van der Waals surface area (Å²) in [5.74, 6) is -0.614. The van der Waals surface area contributed by atoms with Crippen LogP contribution in [0.15, 0.2) is 52.7 Å².